The van der Waals surface area contributed by atoms with Crippen molar-refractivity contribution in [3.63, 3.8) is 0 Å². The molecule has 0 bridgehead atoms. The zero-order valence-corrected chi connectivity index (χ0v) is 12.0. The molecule has 0 aromatic heterocycles. The molecule has 1 aromatic carbocycles. The maximum Gasteiger partial charge on any atom is 0.226 e. The Hall–Kier alpha value is -2.03. The number of aryl methyl sites for hydroxylation is 1. The fourth-order valence-electron chi connectivity index (χ4n) is 1.49. The van der Waals surface area contributed by atoms with Crippen LogP contribution < -0.4 is 4.74 Å². The summed E-state index contributed by atoms with van der Waals surface area (Å²) in [6, 6.07) is 7.83. The summed E-state index contributed by atoms with van der Waals surface area (Å²) < 4.78 is 5.77. The molecule has 0 spiro atoms. The lowest BCUT2D eigenvalue weighted by Crippen LogP contribution is -2.20. The van der Waals surface area contributed by atoms with Gasteiger partial charge in [-0.15, -0.1) is 0 Å². The SMILES string of the molecule is C/C=C\C(=C/CC(=O)N(C)C)Oc1cccc(C)c1. The number of amides is 1. The van der Waals surface area contributed by atoms with Gasteiger partial charge >= 0.3 is 0 Å². The molecule has 19 heavy (non-hydrogen) atoms. The van der Waals surface area contributed by atoms with E-state index in [0.29, 0.717) is 12.2 Å². The Labute approximate surface area is 115 Å². The number of carbonyl (C=O) groups is 1. The van der Waals surface area contributed by atoms with Crippen molar-refractivity contribution in [2.24, 2.45) is 0 Å². The van der Waals surface area contributed by atoms with Crippen LogP contribution in [0.3, 0.4) is 0 Å². The van der Waals surface area contributed by atoms with E-state index in [-0.39, 0.29) is 5.91 Å². The molecular formula is C16H21NO2. The third-order valence-corrected chi connectivity index (χ3v) is 2.53. The molecule has 0 unspecified atom stereocenters. The van der Waals surface area contributed by atoms with Crippen molar-refractivity contribution in [1.29, 1.82) is 0 Å². The molecular weight excluding hydrogens is 238 g/mol. The van der Waals surface area contributed by atoms with E-state index in [4.69, 9.17) is 4.74 Å². The fourth-order valence-corrected chi connectivity index (χ4v) is 1.49. The molecule has 1 rings (SSSR count). The van der Waals surface area contributed by atoms with Gasteiger partial charge in [-0.1, -0.05) is 18.2 Å². The van der Waals surface area contributed by atoms with Gasteiger partial charge in [-0.2, -0.15) is 0 Å². The summed E-state index contributed by atoms with van der Waals surface area (Å²) in [6.07, 6.45) is 5.87. The Bertz CT molecular complexity index is 487. The maximum atomic E-state index is 11.6. The largest absolute Gasteiger partial charge is 0.458 e. The number of hydrogen-bond acceptors (Lipinski definition) is 2. The normalized spacial score (nSPS) is 11.7. The molecule has 3 heteroatoms. The van der Waals surface area contributed by atoms with E-state index < -0.39 is 0 Å². The number of hydrogen-bond donors (Lipinski definition) is 0. The second-order valence-electron chi connectivity index (χ2n) is 4.52. The van der Waals surface area contributed by atoms with Gasteiger partial charge in [0, 0.05) is 20.5 Å². The molecule has 0 aliphatic heterocycles. The summed E-state index contributed by atoms with van der Waals surface area (Å²) in [5.41, 5.74) is 1.14. The first-order valence-corrected chi connectivity index (χ1v) is 6.30. The first kappa shape index (κ1) is 15.0. The average molecular weight is 259 g/mol. The Balaban J connectivity index is 2.78. The first-order valence-electron chi connectivity index (χ1n) is 6.30. The maximum absolute atomic E-state index is 11.6. The molecule has 0 fully saturated rings. The zero-order chi connectivity index (χ0) is 14.3. The van der Waals surface area contributed by atoms with Crippen molar-refractivity contribution in [2.45, 2.75) is 20.3 Å². The van der Waals surface area contributed by atoms with E-state index in [9.17, 15) is 4.79 Å². The Morgan fingerprint density at radius 3 is 2.68 bits per heavy atom. The van der Waals surface area contributed by atoms with Gasteiger partial charge in [-0.05, 0) is 43.7 Å². The molecule has 0 atom stereocenters. The van der Waals surface area contributed by atoms with Gasteiger partial charge in [0.15, 0.2) is 0 Å². The fraction of sp³-hybridized carbons (Fsp3) is 0.312. The predicted octanol–water partition coefficient (Wildman–Crippen LogP) is 3.31. The van der Waals surface area contributed by atoms with Crippen molar-refractivity contribution in [2.75, 3.05) is 14.1 Å². The second-order valence-corrected chi connectivity index (χ2v) is 4.52. The lowest BCUT2D eigenvalue weighted by atomic mass is 10.2. The number of rotatable bonds is 5. The summed E-state index contributed by atoms with van der Waals surface area (Å²) in [5, 5.41) is 0. The number of nitrogens with zero attached hydrogens (tertiary/aromatic N) is 1. The van der Waals surface area contributed by atoms with Crippen LogP contribution in [0.2, 0.25) is 0 Å². The number of carbonyl (C=O) groups excluding carboxylic acids is 1. The van der Waals surface area contributed by atoms with Gasteiger partial charge < -0.3 is 9.64 Å². The lowest BCUT2D eigenvalue weighted by Gasteiger charge is -2.10. The van der Waals surface area contributed by atoms with Gasteiger partial charge in [0.2, 0.25) is 5.91 Å². The highest BCUT2D eigenvalue weighted by atomic mass is 16.5. The minimum Gasteiger partial charge on any atom is -0.458 e. The third-order valence-electron chi connectivity index (χ3n) is 2.53. The summed E-state index contributed by atoms with van der Waals surface area (Å²) in [5.74, 6) is 1.51. The van der Waals surface area contributed by atoms with Crippen molar-refractivity contribution in [3.05, 3.63) is 53.8 Å². The second kappa shape index (κ2) is 7.41. The van der Waals surface area contributed by atoms with Crippen LogP contribution in [0.15, 0.2) is 48.3 Å². The van der Waals surface area contributed by atoms with Gasteiger partial charge in [0.05, 0.1) is 0 Å². The molecule has 0 saturated carbocycles. The van der Waals surface area contributed by atoms with E-state index in [0.717, 1.165) is 11.3 Å². The van der Waals surface area contributed by atoms with Crippen LogP contribution >= 0.6 is 0 Å². The predicted molar refractivity (Wildman–Crippen MR) is 78.0 cm³/mol. The topological polar surface area (TPSA) is 29.5 Å². The first-order chi connectivity index (χ1) is 9.02. The highest BCUT2D eigenvalue weighted by molar-refractivity contribution is 5.77. The minimum absolute atomic E-state index is 0.0508. The summed E-state index contributed by atoms with van der Waals surface area (Å²) in [6.45, 7) is 3.93. The van der Waals surface area contributed by atoms with Crippen LogP contribution in [0.5, 0.6) is 5.75 Å². The summed E-state index contributed by atoms with van der Waals surface area (Å²) >= 11 is 0. The van der Waals surface area contributed by atoms with Crippen LogP contribution in [-0.4, -0.2) is 24.9 Å². The van der Waals surface area contributed by atoms with E-state index in [1.165, 1.54) is 0 Å². The molecule has 0 N–H and O–H groups in total. The Kier molecular flexibility index (Phi) is 5.86. The molecule has 1 amide bonds. The van der Waals surface area contributed by atoms with Crippen molar-refractivity contribution < 1.29 is 9.53 Å². The van der Waals surface area contributed by atoms with Crippen molar-refractivity contribution >= 4 is 5.91 Å². The zero-order valence-electron chi connectivity index (χ0n) is 12.0. The average Bonchev–Trinajstić information content (AvgIpc) is 2.35. The van der Waals surface area contributed by atoms with Gasteiger partial charge in [-0.25, -0.2) is 0 Å². The van der Waals surface area contributed by atoms with Crippen molar-refractivity contribution in [3.8, 4) is 5.75 Å². The lowest BCUT2D eigenvalue weighted by molar-refractivity contribution is -0.127. The molecule has 0 radical (unpaired) electrons. The van der Waals surface area contributed by atoms with Crippen LogP contribution in [-0.2, 0) is 4.79 Å². The smallest absolute Gasteiger partial charge is 0.226 e. The van der Waals surface area contributed by atoms with E-state index in [1.54, 1.807) is 25.1 Å². The Morgan fingerprint density at radius 2 is 2.11 bits per heavy atom. The monoisotopic (exact) mass is 259 g/mol. The molecule has 0 heterocycles. The third kappa shape index (κ3) is 5.42. The molecule has 0 aliphatic rings. The van der Waals surface area contributed by atoms with Gasteiger partial charge in [0.1, 0.15) is 11.5 Å². The quantitative estimate of drug-likeness (QED) is 0.599. The molecule has 3 nitrogen and oxygen atoms in total. The highest BCUT2D eigenvalue weighted by Gasteiger charge is 2.03. The number of ether oxygens (including phenoxy) is 1. The van der Waals surface area contributed by atoms with Crippen molar-refractivity contribution in [1.82, 2.24) is 4.90 Å². The summed E-state index contributed by atoms with van der Waals surface area (Å²) in [4.78, 5) is 13.1. The number of benzene rings is 1. The van der Waals surface area contributed by atoms with Gasteiger partial charge in [0.25, 0.3) is 0 Å². The summed E-state index contributed by atoms with van der Waals surface area (Å²) in [7, 11) is 3.49. The minimum atomic E-state index is 0.0508. The molecule has 0 aliphatic carbocycles. The van der Waals surface area contributed by atoms with E-state index in [2.05, 4.69) is 0 Å². The van der Waals surface area contributed by atoms with Crippen LogP contribution in [0.1, 0.15) is 18.9 Å². The molecule has 0 saturated heterocycles. The van der Waals surface area contributed by atoms with E-state index >= 15 is 0 Å². The molecule has 1 aromatic rings. The molecule has 102 valence electrons. The Morgan fingerprint density at radius 1 is 1.37 bits per heavy atom. The van der Waals surface area contributed by atoms with Crippen LogP contribution in [0, 0.1) is 6.92 Å². The van der Waals surface area contributed by atoms with Crippen LogP contribution in [0.4, 0.5) is 0 Å². The standard InChI is InChI=1S/C16H21NO2/c1-5-7-14(10-11-16(18)17(3)4)19-15-9-6-8-13(2)12-15/h5-10,12H,11H2,1-4H3/b7-5-,14-10+. The van der Waals surface area contributed by atoms with E-state index in [1.807, 2.05) is 50.3 Å². The van der Waals surface area contributed by atoms with Gasteiger partial charge in [-0.3, -0.25) is 4.79 Å². The highest BCUT2D eigenvalue weighted by Crippen LogP contribution is 2.16. The van der Waals surface area contributed by atoms with Crippen LogP contribution in [0.25, 0.3) is 0 Å². The number of allylic oxidation sites excluding steroid dienone is 2.